The van der Waals surface area contributed by atoms with Crippen molar-refractivity contribution >= 4 is 11.6 Å². The second-order valence-electron chi connectivity index (χ2n) is 6.29. The molecule has 22 heavy (non-hydrogen) atoms. The fourth-order valence-corrected chi connectivity index (χ4v) is 3.64. The van der Waals surface area contributed by atoms with Gasteiger partial charge in [-0.3, -0.25) is 4.79 Å². The van der Waals surface area contributed by atoms with Crippen molar-refractivity contribution in [3.8, 4) is 5.75 Å². The van der Waals surface area contributed by atoms with Crippen molar-refractivity contribution < 1.29 is 13.9 Å². The molecule has 1 amide bonds. The number of amides is 1. The molecule has 0 aliphatic carbocycles. The molecule has 0 saturated carbocycles. The minimum absolute atomic E-state index is 0.0370. The first-order valence-corrected chi connectivity index (χ1v) is 8.07. The number of anilines is 1. The van der Waals surface area contributed by atoms with Gasteiger partial charge in [-0.25, -0.2) is 4.39 Å². The Morgan fingerprint density at radius 1 is 1.32 bits per heavy atom. The molecular weight excluding hydrogens is 283 g/mol. The number of nitrogens with one attached hydrogen (secondary N) is 2. The fourth-order valence-electron chi connectivity index (χ4n) is 3.64. The van der Waals surface area contributed by atoms with Gasteiger partial charge in [0.15, 0.2) is 0 Å². The second-order valence-corrected chi connectivity index (χ2v) is 6.29. The van der Waals surface area contributed by atoms with Crippen LogP contribution in [0, 0.1) is 5.92 Å². The van der Waals surface area contributed by atoms with Gasteiger partial charge in [-0.2, -0.15) is 0 Å². The maximum Gasteiger partial charge on any atom is 0.224 e. The first-order valence-electron chi connectivity index (χ1n) is 8.07. The average molecular weight is 306 g/mol. The predicted molar refractivity (Wildman–Crippen MR) is 83.8 cm³/mol. The predicted octanol–water partition coefficient (Wildman–Crippen LogP) is 2.89. The molecule has 2 N–H and O–H groups in total. The smallest absolute Gasteiger partial charge is 0.224 e. The quantitative estimate of drug-likeness (QED) is 0.849. The molecule has 0 aromatic heterocycles. The van der Waals surface area contributed by atoms with Crippen LogP contribution in [0.5, 0.6) is 5.75 Å². The highest BCUT2D eigenvalue weighted by molar-refractivity contribution is 5.91. The topological polar surface area (TPSA) is 50.4 Å². The zero-order valence-corrected chi connectivity index (χ0v) is 12.7. The Bertz CT molecular complexity index is 511. The number of ether oxygens (including phenoxy) is 1. The Balaban J connectivity index is 1.51. The molecule has 2 atom stereocenters. The lowest BCUT2D eigenvalue weighted by Crippen LogP contribution is -2.39. The van der Waals surface area contributed by atoms with Gasteiger partial charge in [0.05, 0.1) is 0 Å². The SMILES string of the molecule is O=C(CC1CC2CCC(C1)N2)Nc1cccc(OCCF)c1. The Hall–Kier alpha value is -1.62. The Morgan fingerprint density at radius 3 is 2.82 bits per heavy atom. The van der Waals surface area contributed by atoms with Gasteiger partial charge in [0.1, 0.15) is 19.0 Å². The first-order chi connectivity index (χ1) is 10.7. The van der Waals surface area contributed by atoms with Crippen LogP contribution in [0.2, 0.25) is 0 Å². The van der Waals surface area contributed by atoms with Crippen molar-refractivity contribution in [2.75, 3.05) is 18.6 Å². The van der Waals surface area contributed by atoms with Gasteiger partial charge in [-0.15, -0.1) is 0 Å². The minimum Gasteiger partial charge on any atom is -0.491 e. The molecule has 0 radical (unpaired) electrons. The van der Waals surface area contributed by atoms with E-state index in [1.54, 1.807) is 18.2 Å². The van der Waals surface area contributed by atoms with Crippen LogP contribution in [0.1, 0.15) is 32.1 Å². The van der Waals surface area contributed by atoms with Crippen LogP contribution in [0.25, 0.3) is 0 Å². The number of carbonyl (C=O) groups excluding carboxylic acids is 1. The fraction of sp³-hybridized carbons (Fsp3) is 0.588. The number of piperidine rings is 1. The third-order valence-corrected chi connectivity index (χ3v) is 4.51. The lowest BCUT2D eigenvalue weighted by Gasteiger charge is -2.28. The van der Waals surface area contributed by atoms with Gasteiger partial charge in [-0.05, 0) is 43.7 Å². The highest BCUT2D eigenvalue weighted by atomic mass is 19.1. The summed E-state index contributed by atoms with van der Waals surface area (Å²) in [5.41, 5.74) is 0.707. The molecule has 2 aliphatic rings. The van der Waals surface area contributed by atoms with Crippen LogP contribution in [0.15, 0.2) is 24.3 Å². The number of hydrogen-bond donors (Lipinski definition) is 2. The van der Waals surface area contributed by atoms with Crippen molar-refractivity contribution in [3.05, 3.63) is 24.3 Å². The first kappa shape index (κ1) is 15.3. The molecule has 2 bridgehead atoms. The Kier molecular flexibility index (Phi) is 4.93. The van der Waals surface area contributed by atoms with Gasteiger partial charge in [0, 0.05) is 30.3 Å². The highest BCUT2D eigenvalue weighted by Gasteiger charge is 2.34. The van der Waals surface area contributed by atoms with Crippen molar-refractivity contribution in [1.29, 1.82) is 0 Å². The summed E-state index contributed by atoms with van der Waals surface area (Å²) in [5.74, 6) is 1.11. The molecular formula is C17H23FN2O2. The Morgan fingerprint density at radius 2 is 2.09 bits per heavy atom. The number of hydrogen-bond acceptors (Lipinski definition) is 3. The molecule has 120 valence electrons. The summed E-state index contributed by atoms with van der Waals surface area (Å²) < 4.78 is 17.3. The van der Waals surface area contributed by atoms with E-state index in [1.807, 2.05) is 6.07 Å². The lowest BCUT2D eigenvalue weighted by atomic mass is 9.89. The Labute approximate surface area is 130 Å². The summed E-state index contributed by atoms with van der Waals surface area (Å²) in [4.78, 5) is 12.2. The van der Waals surface area contributed by atoms with E-state index in [9.17, 15) is 9.18 Å². The second kappa shape index (κ2) is 7.09. The molecule has 4 nitrogen and oxygen atoms in total. The molecule has 5 heteroatoms. The number of alkyl halides is 1. The van der Waals surface area contributed by atoms with Gasteiger partial charge >= 0.3 is 0 Å². The van der Waals surface area contributed by atoms with Crippen molar-refractivity contribution in [2.24, 2.45) is 5.92 Å². The molecule has 2 fully saturated rings. The maximum atomic E-state index is 12.2. The molecule has 1 aromatic rings. The zero-order valence-electron chi connectivity index (χ0n) is 12.7. The van der Waals surface area contributed by atoms with E-state index in [1.165, 1.54) is 12.8 Å². The summed E-state index contributed by atoms with van der Waals surface area (Å²) >= 11 is 0. The molecule has 2 heterocycles. The molecule has 3 rings (SSSR count). The van der Waals surface area contributed by atoms with E-state index in [2.05, 4.69) is 10.6 Å². The number of halogens is 1. The van der Waals surface area contributed by atoms with Gasteiger partial charge < -0.3 is 15.4 Å². The molecule has 2 unspecified atom stereocenters. The summed E-state index contributed by atoms with van der Waals surface area (Å²) in [5, 5.41) is 6.51. The number of carbonyl (C=O) groups is 1. The highest BCUT2D eigenvalue weighted by Crippen LogP contribution is 2.32. The van der Waals surface area contributed by atoms with Crippen LogP contribution >= 0.6 is 0 Å². The van der Waals surface area contributed by atoms with Crippen molar-refractivity contribution in [2.45, 2.75) is 44.2 Å². The molecule has 2 aliphatic heterocycles. The van der Waals surface area contributed by atoms with E-state index >= 15 is 0 Å². The van der Waals surface area contributed by atoms with Crippen LogP contribution in [0.4, 0.5) is 10.1 Å². The van der Waals surface area contributed by atoms with E-state index in [-0.39, 0.29) is 12.5 Å². The zero-order chi connectivity index (χ0) is 15.4. The number of benzene rings is 1. The summed E-state index contributed by atoms with van der Waals surface area (Å²) in [6.07, 6.45) is 5.27. The van der Waals surface area contributed by atoms with Crippen molar-refractivity contribution in [3.63, 3.8) is 0 Å². The average Bonchev–Trinajstić information content (AvgIpc) is 2.84. The molecule has 1 aromatic carbocycles. The standard InChI is InChI=1S/C17H23FN2O2/c18-6-7-22-16-3-1-2-13(11-16)20-17(21)10-12-8-14-4-5-15(9-12)19-14/h1-3,11-12,14-15,19H,4-10H2,(H,20,21). The minimum atomic E-state index is -0.519. The van der Waals surface area contributed by atoms with E-state index < -0.39 is 6.67 Å². The molecule has 0 spiro atoms. The summed E-state index contributed by atoms with van der Waals surface area (Å²) in [6.45, 7) is -0.482. The lowest BCUT2D eigenvalue weighted by molar-refractivity contribution is -0.117. The molecule has 2 saturated heterocycles. The van der Waals surface area contributed by atoms with Crippen molar-refractivity contribution in [1.82, 2.24) is 5.32 Å². The van der Waals surface area contributed by atoms with Crippen LogP contribution < -0.4 is 15.4 Å². The van der Waals surface area contributed by atoms with Gasteiger partial charge in [-0.1, -0.05) is 6.07 Å². The van der Waals surface area contributed by atoms with Gasteiger partial charge in [0.25, 0.3) is 0 Å². The van der Waals surface area contributed by atoms with E-state index in [0.717, 1.165) is 12.8 Å². The van der Waals surface area contributed by atoms with E-state index in [4.69, 9.17) is 4.74 Å². The van der Waals surface area contributed by atoms with E-state index in [0.29, 0.717) is 35.9 Å². The largest absolute Gasteiger partial charge is 0.491 e. The number of rotatable bonds is 6. The maximum absolute atomic E-state index is 12.2. The van der Waals surface area contributed by atoms with Crippen LogP contribution in [-0.2, 0) is 4.79 Å². The third kappa shape index (κ3) is 3.97. The number of fused-ring (bicyclic) bond motifs is 2. The summed E-state index contributed by atoms with van der Waals surface area (Å²) in [7, 11) is 0. The normalized spacial score (nSPS) is 26.7. The monoisotopic (exact) mass is 306 g/mol. The van der Waals surface area contributed by atoms with Crippen LogP contribution in [-0.4, -0.2) is 31.3 Å². The summed E-state index contributed by atoms with van der Waals surface area (Å²) in [6, 6.07) is 8.33. The van der Waals surface area contributed by atoms with Gasteiger partial charge in [0.2, 0.25) is 5.91 Å². The third-order valence-electron chi connectivity index (χ3n) is 4.51. The van der Waals surface area contributed by atoms with Crippen LogP contribution in [0.3, 0.4) is 0 Å².